The molecule has 5 nitrogen and oxygen atoms in total. The zero-order chi connectivity index (χ0) is 17.9. The van der Waals surface area contributed by atoms with Crippen LogP contribution in [-0.4, -0.2) is 35.5 Å². The minimum Gasteiger partial charge on any atom is -0.325 e. The summed E-state index contributed by atoms with van der Waals surface area (Å²) in [6.45, 7) is 2.74. The monoisotopic (exact) mass is 378 g/mol. The Morgan fingerprint density at radius 2 is 1.92 bits per heavy atom. The van der Waals surface area contributed by atoms with Crippen LogP contribution in [0.1, 0.15) is 37.3 Å². The summed E-state index contributed by atoms with van der Waals surface area (Å²) >= 11 is 1.63. The summed E-state index contributed by atoms with van der Waals surface area (Å²) < 4.78 is 27.3. The average Bonchev–Trinajstić information content (AvgIpc) is 3.12. The molecule has 1 atom stereocenters. The first-order chi connectivity index (χ1) is 12.1. The molecule has 1 amide bonds. The second kappa shape index (κ2) is 7.66. The van der Waals surface area contributed by atoms with Crippen LogP contribution in [0.2, 0.25) is 0 Å². The van der Waals surface area contributed by atoms with Crippen molar-refractivity contribution in [1.29, 1.82) is 0 Å². The molecule has 0 N–H and O–H groups in total. The van der Waals surface area contributed by atoms with Crippen LogP contribution in [0.4, 0.5) is 0 Å². The molecule has 25 heavy (non-hydrogen) atoms. The summed E-state index contributed by atoms with van der Waals surface area (Å²) in [6, 6.07) is 11.9. The van der Waals surface area contributed by atoms with Gasteiger partial charge in [0.15, 0.2) is 0 Å². The number of unbranched alkanes of at least 4 members (excludes halogenated alkanes) is 1. The summed E-state index contributed by atoms with van der Waals surface area (Å²) in [5.41, 5.74) is 0.637. The highest BCUT2D eigenvalue weighted by Gasteiger charge is 2.33. The van der Waals surface area contributed by atoms with E-state index in [1.807, 2.05) is 4.90 Å². The number of amides is 1. The number of hydrogen-bond donors (Lipinski definition) is 0. The van der Waals surface area contributed by atoms with Gasteiger partial charge >= 0.3 is 0 Å². The second-order valence-electron chi connectivity index (χ2n) is 5.96. The number of hydrogen-bond acceptors (Lipinski definition) is 4. The third kappa shape index (κ3) is 3.62. The first-order valence-corrected chi connectivity index (χ1v) is 10.9. The largest absolute Gasteiger partial charge is 0.325 e. The maximum Gasteiger partial charge on any atom is 0.267 e. The Balaban J connectivity index is 1.99. The van der Waals surface area contributed by atoms with Gasteiger partial charge in [-0.1, -0.05) is 31.5 Å². The predicted octanol–water partition coefficient (Wildman–Crippen LogP) is 3.49. The minimum atomic E-state index is -3.67. The highest BCUT2D eigenvalue weighted by atomic mass is 32.2. The fourth-order valence-electron chi connectivity index (χ4n) is 2.93. The van der Waals surface area contributed by atoms with Crippen LogP contribution >= 0.6 is 11.8 Å². The second-order valence-corrected chi connectivity index (χ2v) is 8.96. The number of thioether (sulfide) groups is 1. The van der Waals surface area contributed by atoms with Gasteiger partial charge < -0.3 is 4.90 Å². The lowest BCUT2D eigenvalue weighted by molar-refractivity contribution is -0.132. The van der Waals surface area contributed by atoms with Gasteiger partial charge in [0, 0.05) is 24.9 Å². The van der Waals surface area contributed by atoms with Gasteiger partial charge in [0.2, 0.25) is 5.91 Å². The van der Waals surface area contributed by atoms with Crippen LogP contribution < -0.4 is 0 Å². The lowest BCUT2D eigenvalue weighted by Crippen LogP contribution is -2.39. The van der Waals surface area contributed by atoms with Gasteiger partial charge in [-0.15, -0.1) is 11.8 Å². The van der Waals surface area contributed by atoms with Crippen molar-refractivity contribution in [1.82, 2.24) is 8.87 Å². The predicted molar refractivity (Wildman–Crippen MR) is 99.9 cm³/mol. The Morgan fingerprint density at radius 1 is 1.16 bits per heavy atom. The molecule has 1 aromatic carbocycles. The first-order valence-electron chi connectivity index (χ1n) is 8.44. The lowest BCUT2D eigenvalue weighted by Gasteiger charge is -2.35. The zero-order valence-corrected chi connectivity index (χ0v) is 15.8. The van der Waals surface area contributed by atoms with E-state index in [2.05, 4.69) is 6.92 Å². The van der Waals surface area contributed by atoms with Crippen LogP contribution in [0, 0.1) is 0 Å². The molecule has 0 spiro atoms. The molecule has 1 saturated heterocycles. The van der Waals surface area contributed by atoms with E-state index in [-0.39, 0.29) is 16.2 Å². The van der Waals surface area contributed by atoms with E-state index in [4.69, 9.17) is 0 Å². The molecule has 3 rings (SSSR count). The normalized spacial score (nSPS) is 18.5. The molecule has 1 aliphatic heterocycles. The maximum atomic E-state index is 13.0. The summed E-state index contributed by atoms with van der Waals surface area (Å²) in [5, 5.41) is -0.263. The van der Waals surface area contributed by atoms with Crippen LogP contribution in [0.3, 0.4) is 0 Å². The number of nitrogens with zero attached hydrogens (tertiary/aromatic N) is 2. The number of carbonyl (C=O) groups is 1. The Kier molecular flexibility index (Phi) is 5.54. The molecule has 134 valence electrons. The van der Waals surface area contributed by atoms with E-state index >= 15 is 0 Å². The van der Waals surface area contributed by atoms with Crippen molar-refractivity contribution >= 4 is 27.7 Å². The summed E-state index contributed by atoms with van der Waals surface area (Å²) in [7, 11) is -3.67. The van der Waals surface area contributed by atoms with Crippen molar-refractivity contribution in [2.45, 2.75) is 36.5 Å². The van der Waals surface area contributed by atoms with Crippen LogP contribution in [0.25, 0.3) is 0 Å². The fraction of sp³-hybridized carbons (Fsp3) is 0.389. The molecule has 1 fully saturated rings. The minimum absolute atomic E-state index is 0.0991. The molecule has 7 heteroatoms. The average molecular weight is 379 g/mol. The Labute approximate surface area is 153 Å². The van der Waals surface area contributed by atoms with Crippen LogP contribution in [0.5, 0.6) is 0 Å². The topological polar surface area (TPSA) is 59.4 Å². The molecule has 1 unspecified atom stereocenters. The summed E-state index contributed by atoms with van der Waals surface area (Å²) in [6.07, 6.45) is 3.98. The third-order valence-corrected chi connectivity index (χ3v) is 7.21. The molecule has 2 aromatic rings. The van der Waals surface area contributed by atoms with Crippen molar-refractivity contribution in [2.24, 2.45) is 0 Å². The number of benzene rings is 1. The lowest BCUT2D eigenvalue weighted by atomic mass is 10.2. The molecule has 0 saturated carbocycles. The van der Waals surface area contributed by atoms with Gasteiger partial charge in [-0.2, -0.15) is 0 Å². The molecule has 1 aromatic heterocycles. The number of carbonyl (C=O) groups excluding carboxylic acids is 1. The van der Waals surface area contributed by atoms with Gasteiger partial charge in [0.05, 0.1) is 10.6 Å². The third-order valence-electron chi connectivity index (χ3n) is 4.24. The van der Waals surface area contributed by atoms with Gasteiger partial charge in [-0.25, -0.2) is 12.4 Å². The van der Waals surface area contributed by atoms with E-state index in [1.54, 1.807) is 60.4 Å². The Morgan fingerprint density at radius 3 is 2.64 bits per heavy atom. The fourth-order valence-corrected chi connectivity index (χ4v) is 5.68. The highest BCUT2D eigenvalue weighted by molar-refractivity contribution is 7.99. The van der Waals surface area contributed by atoms with E-state index in [0.29, 0.717) is 24.4 Å². The number of rotatable bonds is 6. The van der Waals surface area contributed by atoms with Gasteiger partial charge in [-0.3, -0.25) is 4.79 Å². The molecular formula is C18H22N2O3S2. The van der Waals surface area contributed by atoms with Gasteiger partial charge in [0.1, 0.15) is 5.37 Å². The quantitative estimate of drug-likeness (QED) is 0.772. The Hall–Kier alpha value is -1.73. The van der Waals surface area contributed by atoms with Gasteiger partial charge in [0.25, 0.3) is 10.0 Å². The molecule has 2 heterocycles. The first kappa shape index (κ1) is 18.1. The molecule has 0 bridgehead atoms. The van der Waals surface area contributed by atoms with Crippen molar-refractivity contribution in [2.75, 3.05) is 12.3 Å². The molecular weight excluding hydrogens is 356 g/mol. The van der Waals surface area contributed by atoms with Crippen molar-refractivity contribution < 1.29 is 13.2 Å². The summed E-state index contributed by atoms with van der Waals surface area (Å²) in [4.78, 5) is 14.5. The van der Waals surface area contributed by atoms with Crippen LogP contribution in [-0.2, 0) is 14.8 Å². The van der Waals surface area contributed by atoms with Crippen molar-refractivity contribution in [3.8, 4) is 0 Å². The van der Waals surface area contributed by atoms with E-state index in [9.17, 15) is 13.2 Å². The van der Waals surface area contributed by atoms with E-state index in [0.717, 1.165) is 12.8 Å². The van der Waals surface area contributed by atoms with Crippen LogP contribution in [0.15, 0.2) is 53.6 Å². The Bertz CT molecular complexity index is 831. The number of aromatic nitrogens is 1. The van der Waals surface area contributed by atoms with Crippen molar-refractivity contribution in [3.63, 3.8) is 0 Å². The SMILES string of the molecule is CCCCN1C(=O)CCSC1c1cccn1S(=O)(=O)c1ccccc1. The standard InChI is InChI=1S/C18H22N2O3S2/c1-2-3-12-19-17(21)11-14-24-18(19)16-10-7-13-20(16)25(22,23)15-8-5-4-6-9-15/h4-10,13,18H,2-3,11-12,14H2,1H3. The van der Waals surface area contributed by atoms with E-state index < -0.39 is 10.0 Å². The molecule has 1 aliphatic rings. The van der Waals surface area contributed by atoms with Crippen molar-refractivity contribution in [3.05, 3.63) is 54.4 Å². The maximum absolute atomic E-state index is 13.0. The summed E-state index contributed by atoms with van der Waals surface area (Å²) in [5.74, 6) is 0.810. The molecule has 0 radical (unpaired) electrons. The smallest absolute Gasteiger partial charge is 0.267 e. The zero-order valence-electron chi connectivity index (χ0n) is 14.2. The van der Waals surface area contributed by atoms with Gasteiger partial charge in [-0.05, 0) is 30.7 Å². The highest BCUT2D eigenvalue weighted by Crippen LogP contribution is 2.38. The van der Waals surface area contributed by atoms with E-state index in [1.165, 1.54) is 3.97 Å². The molecule has 0 aliphatic carbocycles.